The van der Waals surface area contributed by atoms with Crippen LogP contribution in [0.1, 0.15) is 16.1 Å². The van der Waals surface area contributed by atoms with Crippen LogP contribution in [0.2, 0.25) is 0 Å². The van der Waals surface area contributed by atoms with Gasteiger partial charge in [0.1, 0.15) is 11.3 Å². The minimum Gasteiger partial charge on any atom is -0.360 e. The maximum atomic E-state index is 12.4. The van der Waals surface area contributed by atoms with Crippen LogP contribution in [0.25, 0.3) is 10.6 Å². The molecule has 0 unspecified atom stereocenters. The lowest BCUT2D eigenvalue weighted by Gasteiger charge is -2.16. The number of aromatic amines is 1. The number of nitrogens with zero attached hydrogens (tertiary/aromatic N) is 2. The van der Waals surface area contributed by atoms with E-state index >= 15 is 0 Å². The van der Waals surface area contributed by atoms with Crippen LogP contribution in [0.5, 0.6) is 0 Å². The highest BCUT2D eigenvalue weighted by Crippen LogP contribution is 2.21. The lowest BCUT2D eigenvalue weighted by molar-refractivity contribution is -0.116. The second kappa shape index (κ2) is 7.36. The number of H-pyrrole nitrogens is 1. The number of likely N-dealkylation sites (N-methyl/N-ethyl adjacent to an activating group) is 1. The fourth-order valence-corrected chi connectivity index (χ4v) is 3.03. The highest BCUT2D eigenvalue weighted by Gasteiger charge is 2.19. The molecule has 2 N–H and O–H groups in total. The molecule has 0 aliphatic rings. The number of carbonyl (C=O) groups is 2. The second-order valence-corrected chi connectivity index (χ2v) is 6.57. The van der Waals surface area contributed by atoms with Gasteiger partial charge in [0.05, 0.1) is 17.1 Å². The van der Waals surface area contributed by atoms with Gasteiger partial charge in [-0.25, -0.2) is 0 Å². The van der Waals surface area contributed by atoms with Crippen molar-refractivity contribution >= 4 is 29.0 Å². The SMILES string of the molecule is Cc1cc(NC(=O)CN(C)C(=O)c2ccc(-c3cccs3)[nH]c2=O)no1. The highest BCUT2D eigenvalue weighted by atomic mass is 32.1. The zero-order valence-electron chi connectivity index (χ0n) is 14.1. The lowest BCUT2D eigenvalue weighted by atomic mass is 10.2. The van der Waals surface area contributed by atoms with E-state index in [4.69, 9.17) is 4.52 Å². The molecule has 3 heterocycles. The molecule has 9 heteroatoms. The first-order valence-corrected chi connectivity index (χ1v) is 8.58. The van der Waals surface area contributed by atoms with E-state index in [0.29, 0.717) is 11.5 Å². The Hall–Kier alpha value is -3.20. The first-order valence-electron chi connectivity index (χ1n) is 7.70. The molecule has 0 aromatic carbocycles. The average Bonchev–Trinajstić information content (AvgIpc) is 3.26. The molecule has 0 bridgehead atoms. The third kappa shape index (κ3) is 3.89. The van der Waals surface area contributed by atoms with Crippen LogP contribution < -0.4 is 10.9 Å². The van der Waals surface area contributed by atoms with Gasteiger partial charge < -0.3 is 19.7 Å². The van der Waals surface area contributed by atoms with Gasteiger partial charge >= 0.3 is 0 Å². The number of carbonyl (C=O) groups excluding carboxylic acids is 2. The molecular weight excluding hydrogens is 356 g/mol. The topological polar surface area (TPSA) is 108 Å². The number of thiophene rings is 1. The van der Waals surface area contributed by atoms with Crippen molar-refractivity contribution < 1.29 is 14.1 Å². The average molecular weight is 372 g/mol. The number of aryl methyl sites for hydroxylation is 1. The zero-order valence-corrected chi connectivity index (χ0v) is 14.9. The monoisotopic (exact) mass is 372 g/mol. The van der Waals surface area contributed by atoms with E-state index < -0.39 is 17.4 Å². The minimum absolute atomic E-state index is 0.0297. The van der Waals surface area contributed by atoms with Crippen LogP contribution in [0, 0.1) is 6.92 Å². The van der Waals surface area contributed by atoms with Crippen molar-refractivity contribution in [2.24, 2.45) is 0 Å². The van der Waals surface area contributed by atoms with Crippen LogP contribution in [0.4, 0.5) is 5.82 Å². The zero-order chi connectivity index (χ0) is 18.7. The maximum absolute atomic E-state index is 12.4. The lowest BCUT2D eigenvalue weighted by Crippen LogP contribution is -2.37. The van der Waals surface area contributed by atoms with Crippen molar-refractivity contribution in [3.8, 4) is 10.6 Å². The van der Waals surface area contributed by atoms with Crippen LogP contribution in [0.15, 0.2) is 45.0 Å². The van der Waals surface area contributed by atoms with Crippen LogP contribution in [-0.2, 0) is 4.79 Å². The van der Waals surface area contributed by atoms with E-state index in [2.05, 4.69) is 15.5 Å². The van der Waals surface area contributed by atoms with Gasteiger partial charge in [-0.2, -0.15) is 0 Å². The molecule has 0 atom stereocenters. The third-order valence-corrected chi connectivity index (χ3v) is 4.45. The first-order chi connectivity index (χ1) is 12.4. The van der Waals surface area contributed by atoms with E-state index in [-0.39, 0.29) is 17.9 Å². The van der Waals surface area contributed by atoms with E-state index in [0.717, 1.165) is 9.78 Å². The number of pyridine rings is 1. The molecule has 3 aromatic heterocycles. The molecule has 0 radical (unpaired) electrons. The van der Waals surface area contributed by atoms with Gasteiger partial charge in [-0.05, 0) is 30.5 Å². The van der Waals surface area contributed by atoms with Crippen molar-refractivity contribution in [2.45, 2.75) is 6.92 Å². The van der Waals surface area contributed by atoms with Gasteiger partial charge in [0.25, 0.3) is 11.5 Å². The molecule has 0 saturated heterocycles. The Morgan fingerprint density at radius 2 is 2.15 bits per heavy atom. The summed E-state index contributed by atoms with van der Waals surface area (Å²) in [6.45, 7) is 1.47. The Balaban J connectivity index is 1.68. The molecule has 134 valence electrons. The van der Waals surface area contributed by atoms with E-state index in [9.17, 15) is 14.4 Å². The third-order valence-electron chi connectivity index (χ3n) is 3.55. The van der Waals surface area contributed by atoms with Gasteiger partial charge in [0, 0.05) is 13.1 Å². The summed E-state index contributed by atoms with van der Waals surface area (Å²) in [6.07, 6.45) is 0. The molecule has 0 saturated carbocycles. The van der Waals surface area contributed by atoms with Crippen molar-refractivity contribution in [2.75, 3.05) is 18.9 Å². The Morgan fingerprint density at radius 1 is 1.35 bits per heavy atom. The van der Waals surface area contributed by atoms with Crippen LogP contribution in [-0.4, -0.2) is 40.4 Å². The van der Waals surface area contributed by atoms with Gasteiger partial charge in [-0.1, -0.05) is 11.2 Å². The quantitative estimate of drug-likeness (QED) is 0.713. The smallest absolute Gasteiger partial charge is 0.261 e. The number of aromatic nitrogens is 2. The Morgan fingerprint density at radius 3 is 2.77 bits per heavy atom. The largest absolute Gasteiger partial charge is 0.360 e. The fraction of sp³-hybridized carbons (Fsp3) is 0.176. The van der Waals surface area contributed by atoms with Gasteiger partial charge in [-0.15, -0.1) is 11.3 Å². The Labute approximate surface area is 152 Å². The molecule has 0 fully saturated rings. The van der Waals surface area contributed by atoms with E-state index in [1.807, 2.05) is 17.5 Å². The number of anilines is 1. The van der Waals surface area contributed by atoms with Crippen LogP contribution >= 0.6 is 11.3 Å². The van der Waals surface area contributed by atoms with Crippen molar-refractivity contribution in [1.82, 2.24) is 15.0 Å². The maximum Gasteiger partial charge on any atom is 0.261 e. The Kier molecular flexibility index (Phi) is 4.99. The molecule has 2 amide bonds. The highest BCUT2D eigenvalue weighted by molar-refractivity contribution is 7.13. The van der Waals surface area contributed by atoms with Crippen LogP contribution in [0.3, 0.4) is 0 Å². The molecule has 26 heavy (non-hydrogen) atoms. The standard InChI is InChI=1S/C17H16N4O4S/c1-10-8-14(20-25-10)19-15(22)9-21(2)17(24)11-5-6-12(18-16(11)23)13-4-3-7-26-13/h3-8H,9H2,1-2H3,(H,18,23)(H,19,20,22). The molecule has 8 nitrogen and oxygen atoms in total. The fourth-order valence-electron chi connectivity index (χ4n) is 2.32. The number of hydrogen-bond acceptors (Lipinski definition) is 6. The molecular formula is C17H16N4O4S. The van der Waals surface area contributed by atoms with Gasteiger partial charge in [0.2, 0.25) is 5.91 Å². The predicted octanol–water partition coefficient (Wildman–Crippen LogP) is 2.11. The molecule has 0 aliphatic carbocycles. The molecule has 0 aliphatic heterocycles. The van der Waals surface area contributed by atoms with E-state index in [1.54, 1.807) is 19.1 Å². The number of hydrogen-bond donors (Lipinski definition) is 2. The Bertz CT molecular complexity index is 990. The van der Waals surface area contributed by atoms with Gasteiger partial charge in [-0.3, -0.25) is 14.4 Å². The first kappa shape index (κ1) is 17.6. The predicted molar refractivity (Wildman–Crippen MR) is 97.2 cm³/mol. The summed E-state index contributed by atoms with van der Waals surface area (Å²) >= 11 is 1.48. The number of nitrogens with one attached hydrogen (secondary N) is 2. The van der Waals surface area contributed by atoms with Crippen molar-refractivity contribution in [3.63, 3.8) is 0 Å². The summed E-state index contributed by atoms with van der Waals surface area (Å²) in [5.41, 5.74) is 0.113. The normalized spacial score (nSPS) is 10.5. The van der Waals surface area contributed by atoms with E-state index in [1.165, 1.54) is 24.5 Å². The van der Waals surface area contributed by atoms with Gasteiger partial charge in [0.15, 0.2) is 5.82 Å². The molecule has 3 aromatic rings. The summed E-state index contributed by atoms with van der Waals surface area (Å²) < 4.78 is 4.85. The van der Waals surface area contributed by atoms with Crippen molar-refractivity contribution in [3.05, 3.63) is 57.4 Å². The summed E-state index contributed by atoms with van der Waals surface area (Å²) in [7, 11) is 1.45. The number of rotatable bonds is 5. The summed E-state index contributed by atoms with van der Waals surface area (Å²) in [6, 6.07) is 8.45. The number of amides is 2. The molecule has 0 spiro atoms. The minimum atomic E-state index is -0.546. The summed E-state index contributed by atoms with van der Waals surface area (Å²) in [4.78, 5) is 41.4. The van der Waals surface area contributed by atoms with Crippen molar-refractivity contribution in [1.29, 1.82) is 0 Å². The second-order valence-electron chi connectivity index (χ2n) is 5.62. The summed E-state index contributed by atoms with van der Waals surface area (Å²) in [5, 5.41) is 8.07. The molecule has 3 rings (SSSR count). The summed E-state index contributed by atoms with van der Waals surface area (Å²) in [5.74, 6) is -0.162.